The summed E-state index contributed by atoms with van der Waals surface area (Å²) in [6.07, 6.45) is 7.16. The summed E-state index contributed by atoms with van der Waals surface area (Å²) < 4.78 is 0. The molecule has 4 amide bonds. The second kappa shape index (κ2) is 8.29. The Morgan fingerprint density at radius 1 is 1.19 bits per heavy atom. The quantitative estimate of drug-likeness (QED) is 0.697. The summed E-state index contributed by atoms with van der Waals surface area (Å²) in [5.41, 5.74) is 1.82. The van der Waals surface area contributed by atoms with Crippen LogP contribution in [-0.4, -0.2) is 34.8 Å². The van der Waals surface area contributed by atoms with Crippen LogP contribution in [0, 0.1) is 11.3 Å². The largest absolute Gasteiger partial charge is 0.348 e. The first-order valence-corrected chi connectivity index (χ1v) is 11.8. The molecule has 1 saturated heterocycles. The van der Waals surface area contributed by atoms with Crippen LogP contribution in [0.2, 0.25) is 0 Å². The molecule has 6 nitrogen and oxygen atoms in total. The maximum atomic E-state index is 13.2. The lowest BCUT2D eigenvalue weighted by Gasteiger charge is -2.42. The van der Waals surface area contributed by atoms with Crippen LogP contribution in [0.25, 0.3) is 0 Å². The van der Waals surface area contributed by atoms with Gasteiger partial charge in [0.05, 0.1) is 6.04 Å². The number of carbonyl (C=O) groups excluding carboxylic acids is 3. The first kappa shape index (κ1) is 21.8. The number of amides is 4. The molecule has 3 aliphatic rings. The third kappa shape index (κ3) is 4.09. The number of urea groups is 1. The van der Waals surface area contributed by atoms with Crippen LogP contribution in [0.3, 0.4) is 0 Å². The zero-order valence-corrected chi connectivity index (χ0v) is 19.0. The zero-order valence-electron chi connectivity index (χ0n) is 19.0. The van der Waals surface area contributed by atoms with E-state index in [-0.39, 0.29) is 29.8 Å². The second-order valence-electron chi connectivity index (χ2n) is 10.2. The van der Waals surface area contributed by atoms with Crippen molar-refractivity contribution in [1.82, 2.24) is 15.5 Å². The maximum Gasteiger partial charge on any atom is 0.325 e. The van der Waals surface area contributed by atoms with Gasteiger partial charge in [0.1, 0.15) is 12.1 Å². The molecule has 0 bridgehead atoms. The minimum Gasteiger partial charge on any atom is -0.348 e. The third-order valence-electron chi connectivity index (χ3n) is 8.11. The fourth-order valence-electron chi connectivity index (χ4n) is 5.63. The number of aryl methyl sites for hydroxylation is 1. The number of imide groups is 1. The van der Waals surface area contributed by atoms with Gasteiger partial charge < -0.3 is 10.6 Å². The highest BCUT2D eigenvalue weighted by atomic mass is 16.2. The van der Waals surface area contributed by atoms with Crippen LogP contribution in [0.1, 0.15) is 82.9 Å². The van der Waals surface area contributed by atoms with Gasteiger partial charge in [0, 0.05) is 0 Å². The molecule has 1 heterocycles. The number of hydrogen-bond acceptors (Lipinski definition) is 3. The molecule has 1 unspecified atom stereocenters. The molecule has 2 aliphatic carbocycles. The lowest BCUT2D eigenvalue weighted by molar-refractivity contribution is -0.136. The first-order chi connectivity index (χ1) is 14.8. The van der Waals surface area contributed by atoms with Gasteiger partial charge in [-0.25, -0.2) is 4.79 Å². The average molecular weight is 426 g/mol. The highest BCUT2D eigenvalue weighted by Crippen LogP contribution is 2.45. The van der Waals surface area contributed by atoms with Crippen molar-refractivity contribution in [3.8, 4) is 0 Å². The number of carbonyl (C=O) groups is 3. The Balaban J connectivity index is 1.39. The summed E-state index contributed by atoms with van der Waals surface area (Å²) in [6, 6.07) is 7.67. The van der Waals surface area contributed by atoms with E-state index in [2.05, 4.69) is 43.5 Å². The molecule has 1 saturated carbocycles. The Morgan fingerprint density at radius 2 is 1.90 bits per heavy atom. The standard InChI is InChI=1S/C25H35N3O3/c1-4-24(2,3)18-12-14-25(15-13-18)22(30)28(23(31)27-25)16-21(29)26-20-11-7-9-17-8-5-6-10-19(17)20/h5-6,8,10,18,20H,4,7,9,11-16H2,1-3H3,(H,26,29)(H,27,31). The molecule has 1 aromatic rings. The van der Waals surface area contributed by atoms with Gasteiger partial charge in [-0.1, -0.05) is 51.5 Å². The molecule has 0 radical (unpaired) electrons. The number of nitrogens with one attached hydrogen (secondary N) is 2. The molecule has 168 valence electrons. The van der Waals surface area contributed by atoms with Crippen molar-refractivity contribution < 1.29 is 14.4 Å². The summed E-state index contributed by atoms with van der Waals surface area (Å²) in [5, 5.41) is 6.00. The number of nitrogens with zero attached hydrogens (tertiary/aromatic N) is 1. The third-order valence-corrected chi connectivity index (χ3v) is 8.11. The van der Waals surface area contributed by atoms with Crippen molar-refractivity contribution in [2.45, 2.75) is 83.7 Å². The Bertz CT molecular complexity index is 871. The van der Waals surface area contributed by atoms with Crippen LogP contribution in [0.15, 0.2) is 24.3 Å². The summed E-state index contributed by atoms with van der Waals surface area (Å²) in [6.45, 7) is 6.56. The smallest absolute Gasteiger partial charge is 0.325 e. The summed E-state index contributed by atoms with van der Waals surface area (Å²) >= 11 is 0. The lowest BCUT2D eigenvalue weighted by atomic mass is 9.65. The zero-order chi connectivity index (χ0) is 22.2. The monoisotopic (exact) mass is 425 g/mol. The lowest BCUT2D eigenvalue weighted by Crippen LogP contribution is -2.51. The Hall–Kier alpha value is -2.37. The molecule has 1 spiro atoms. The molecular weight excluding hydrogens is 390 g/mol. The molecular formula is C25H35N3O3. The Kier molecular flexibility index (Phi) is 5.84. The van der Waals surface area contributed by atoms with E-state index in [4.69, 9.17) is 0 Å². The van der Waals surface area contributed by atoms with Crippen LogP contribution >= 0.6 is 0 Å². The number of benzene rings is 1. The summed E-state index contributed by atoms with van der Waals surface area (Å²) in [5.74, 6) is 0.0454. The van der Waals surface area contributed by atoms with E-state index < -0.39 is 11.6 Å². The predicted molar refractivity (Wildman–Crippen MR) is 119 cm³/mol. The predicted octanol–water partition coefficient (Wildman–Crippen LogP) is 4.10. The van der Waals surface area contributed by atoms with E-state index in [0.717, 1.165) is 49.0 Å². The van der Waals surface area contributed by atoms with Gasteiger partial charge in [-0.05, 0) is 67.4 Å². The van der Waals surface area contributed by atoms with E-state index >= 15 is 0 Å². The molecule has 2 N–H and O–H groups in total. The Labute approximate surface area is 185 Å². The van der Waals surface area contributed by atoms with E-state index in [1.807, 2.05) is 12.1 Å². The highest BCUT2D eigenvalue weighted by molar-refractivity contribution is 6.09. The van der Waals surface area contributed by atoms with Gasteiger partial charge in [0.2, 0.25) is 5.91 Å². The van der Waals surface area contributed by atoms with Crippen LogP contribution in [0.5, 0.6) is 0 Å². The number of rotatable bonds is 5. The molecule has 31 heavy (non-hydrogen) atoms. The average Bonchev–Trinajstić information content (AvgIpc) is 2.98. The minimum atomic E-state index is -0.824. The molecule has 0 aromatic heterocycles. The SMILES string of the molecule is CCC(C)(C)C1CCC2(CC1)NC(=O)N(CC(=O)NC1CCCc3ccccc31)C2=O. The van der Waals surface area contributed by atoms with Crippen molar-refractivity contribution in [1.29, 1.82) is 0 Å². The van der Waals surface area contributed by atoms with Gasteiger partial charge in [-0.2, -0.15) is 0 Å². The van der Waals surface area contributed by atoms with Crippen LogP contribution in [-0.2, 0) is 16.0 Å². The molecule has 1 aliphatic heterocycles. The fraction of sp³-hybridized carbons (Fsp3) is 0.640. The van der Waals surface area contributed by atoms with E-state index in [0.29, 0.717) is 18.8 Å². The normalized spacial score (nSPS) is 28.4. The summed E-state index contributed by atoms with van der Waals surface area (Å²) in [4.78, 5) is 39.7. The second-order valence-corrected chi connectivity index (χ2v) is 10.2. The van der Waals surface area contributed by atoms with Gasteiger partial charge in [0.25, 0.3) is 5.91 Å². The molecule has 4 rings (SSSR count). The Morgan fingerprint density at radius 3 is 2.61 bits per heavy atom. The van der Waals surface area contributed by atoms with E-state index in [1.54, 1.807) is 0 Å². The van der Waals surface area contributed by atoms with Gasteiger partial charge in [0.15, 0.2) is 0 Å². The summed E-state index contributed by atoms with van der Waals surface area (Å²) in [7, 11) is 0. The van der Waals surface area contributed by atoms with Crippen LogP contribution < -0.4 is 10.6 Å². The van der Waals surface area contributed by atoms with Gasteiger partial charge in [-0.15, -0.1) is 0 Å². The van der Waals surface area contributed by atoms with Crippen LogP contribution in [0.4, 0.5) is 4.79 Å². The number of hydrogen-bond donors (Lipinski definition) is 2. The molecule has 1 aromatic carbocycles. The molecule has 6 heteroatoms. The van der Waals surface area contributed by atoms with Crippen molar-refractivity contribution in [2.24, 2.45) is 11.3 Å². The van der Waals surface area contributed by atoms with Gasteiger partial charge in [-0.3, -0.25) is 14.5 Å². The minimum absolute atomic E-state index is 0.0566. The van der Waals surface area contributed by atoms with Crippen molar-refractivity contribution >= 4 is 17.8 Å². The molecule has 2 fully saturated rings. The van der Waals surface area contributed by atoms with Crippen molar-refractivity contribution in [3.63, 3.8) is 0 Å². The van der Waals surface area contributed by atoms with E-state index in [1.165, 1.54) is 5.56 Å². The highest BCUT2D eigenvalue weighted by Gasteiger charge is 2.53. The van der Waals surface area contributed by atoms with E-state index in [9.17, 15) is 14.4 Å². The van der Waals surface area contributed by atoms with Gasteiger partial charge >= 0.3 is 6.03 Å². The van der Waals surface area contributed by atoms with Crippen molar-refractivity contribution in [2.75, 3.05) is 6.54 Å². The topological polar surface area (TPSA) is 78.5 Å². The maximum absolute atomic E-state index is 13.2. The number of fused-ring (bicyclic) bond motifs is 1. The fourth-order valence-corrected chi connectivity index (χ4v) is 5.63. The van der Waals surface area contributed by atoms with Crippen molar-refractivity contribution in [3.05, 3.63) is 35.4 Å². The first-order valence-electron chi connectivity index (χ1n) is 11.8. The molecule has 1 atom stereocenters.